The smallest absolute Gasteiger partial charge is 0.308 e. The summed E-state index contributed by atoms with van der Waals surface area (Å²) in [5.74, 6) is -0.900. The minimum Gasteiger partial charge on any atom is -0.496 e. The molecule has 5 nitrogen and oxygen atoms in total. The number of aliphatic carboxylic acids is 1. The minimum atomic E-state index is -0.879. The number of carbonyl (C=O) groups excluding carboxylic acids is 1. The number of likely N-dealkylation sites (tertiary alicyclic amines) is 1. The van der Waals surface area contributed by atoms with Crippen LogP contribution >= 0.6 is 0 Å². The summed E-state index contributed by atoms with van der Waals surface area (Å²) in [5.41, 5.74) is 0.743. The van der Waals surface area contributed by atoms with Crippen molar-refractivity contribution in [2.45, 2.75) is 18.9 Å². The van der Waals surface area contributed by atoms with Crippen molar-refractivity contribution < 1.29 is 19.4 Å². The highest BCUT2D eigenvalue weighted by molar-refractivity contribution is 5.81. The van der Waals surface area contributed by atoms with E-state index in [9.17, 15) is 14.7 Å². The quantitative estimate of drug-likeness (QED) is 0.901. The number of carboxylic acids is 1. The van der Waals surface area contributed by atoms with Crippen molar-refractivity contribution in [1.82, 2.24) is 4.90 Å². The highest BCUT2D eigenvalue weighted by atomic mass is 16.5. The average Bonchev–Trinajstić information content (AvgIpc) is 2.41. The molecule has 0 bridgehead atoms. The average molecular weight is 263 g/mol. The number of rotatable bonds is 3. The molecule has 0 saturated carbocycles. The van der Waals surface area contributed by atoms with Gasteiger partial charge in [0.2, 0.25) is 5.91 Å². The molecular formula is C14H17NO4. The largest absolute Gasteiger partial charge is 0.496 e. The van der Waals surface area contributed by atoms with Crippen molar-refractivity contribution in [2.75, 3.05) is 14.2 Å². The molecule has 1 heterocycles. The second kappa shape index (κ2) is 5.30. The standard InChI is InChI=1S/C14H17NO4/c1-15-12(16)8-7-10(14(17)18)13(15)9-5-3-4-6-11(9)19-2/h3-6,10,13H,7-8H2,1-2H3,(H,17,18)/t10-,13+/m0/s1. The highest BCUT2D eigenvalue weighted by Gasteiger charge is 2.40. The van der Waals surface area contributed by atoms with E-state index >= 15 is 0 Å². The van der Waals surface area contributed by atoms with E-state index in [1.807, 2.05) is 18.2 Å². The maximum atomic E-state index is 11.8. The lowest BCUT2D eigenvalue weighted by molar-refractivity contribution is -0.150. The van der Waals surface area contributed by atoms with Gasteiger partial charge in [0.25, 0.3) is 0 Å². The van der Waals surface area contributed by atoms with Crippen molar-refractivity contribution >= 4 is 11.9 Å². The number of hydrogen-bond acceptors (Lipinski definition) is 3. The van der Waals surface area contributed by atoms with Crippen LogP contribution in [0.2, 0.25) is 0 Å². The fraction of sp³-hybridized carbons (Fsp3) is 0.429. The second-order valence-corrected chi connectivity index (χ2v) is 4.67. The molecule has 1 fully saturated rings. The summed E-state index contributed by atoms with van der Waals surface area (Å²) < 4.78 is 5.28. The predicted molar refractivity (Wildman–Crippen MR) is 68.9 cm³/mol. The van der Waals surface area contributed by atoms with E-state index in [4.69, 9.17) is 4.74 Å². The Morgan fingerprint density at radius 3 is 2.74 bits per heavy atom. The third kappa shape index (κ3) is 2.41. The summed E-state index contributed by atoms with van der Waals surface area (Å²) in [7, 11) is 3.19. The predicted octanol–water partition coefficient (Wildman–Crippen LogP) is 1.69. The van der Waals surface area contributed by atoms with Crippen molar-refractivity contribution in [3.63, 3.8) is 0 Å². The van der Waals surface area contributed by atoms with E-state index in [0.29, 0.717) is 12.2 Å². The van der Waals surface area contributed by atoms with Gasteiger partial charge >= 0.3 is 5.97 Å². The fourth-order valence-electron chi connectivity index (χ4n) is 2.63. The molecule has 2 atom stereocenters. The second-order valence-electron chi connectivity index (χ2n) is 4.67. The Morgan fingerprint density at radius 2 is 2.11 bits per heavy atom. The van der Waals surface area contributed by atoms with Crippen molar-refractivity contribution in [3.05, 3.63) is 29.8 Å². The summed E-state index contributed by atoms with van der Waals surface area (Å²) >= 11 is 0. The first-order valence-corrected chi connectivity index (χ1v) is 6.17. The maximum Gasteiger partial charge on any atom is 0.308 e. The lowest BCUT2D eigenvalue weighted by Crippen LogP contribution is -2.43. The number of ether oxygens (including phenoxy) is 1. The van der Waals surface area contributed by atoms with Crippen LogP contribution in [0.4, 0.5) is 0 Å². The molecule has 1 aliphatic rings. The molecule has 1 aromatic carbocycles. The van der Waals surface area contributed by atoms with Crippen molar-refractivity contribution in [2.24, 2.45) is 5.92 Å². The first kappa shape index (κ1) is 13.4. The lowest BCUT2D eigenvalue weighted by Gasteiger charge is -2.37. The molecule has 102 valence electrons. The molecule has 1 aliphatic heterocycles. The van der Waals surface area contributed by atoms with Gasteiger partial charge in [-0.25, -0.2) is 0 Å². The Morgan fingerprint density at radius 1 is 1.42 bits per heavy atom. The van der Waals surface area contributed by atoms with Crippen LogP contribution in [0.3, 0.4) is 0 Å². The summed E-state index contributed by atoms with van der Waals surface area (Å²) in [4.78, 5) is 24.8. The zero-order valence-corrected chi connectivity index (χ0v) is 11.0. The van der Waals surface area contributed by atoms with Gasteiger partial charge in [0.05, 0.1) is 19.1 Å². The van der Waals surface area contributed by atoms with E-state index in [-0.39, 0.29) is 12.3 Å². The zero-order valence-electron chi connectivity index (χ0n) is 11.0. The number of amides is 1. The molecule has 1 N–H and O–H groups in total. The summed E-state index contributed by atoms with van der Waals surface area (Å²) in [6.07, 6.45) is 0.639. The van der Waals surface area contributed by atoms with Gasteiger partial charge in [-0.2, -0.15) is 0 Å². The molecule has 2 rings (SSSR count). The normalized spacial score (nSPS) is 23.3. The van der Waals surface area contributed by atoms with Crippen LogP contribution in [-0.4, -0.2) is 36.0 Å². The Bertz CT molecular complexity index is 500. The number of nitrogens with zero attached hydrogens (tertiary/aromatic N) is 1. The molecule has 5 heteroatoms. The van der Waals surface area contributed by atoms with Crippen LogP contribution in [0.25, 0.3) is 0 Å². The third-order valence-corrected chi connectivity index (χ3v) is 3.64. The Hall–Kier alpha value is -2.04. The molecule has 1 saturated heterocycles. The van der Waals surface area contributed by atoms with Crippen LogP contribution in [0.1, 0.15) is 24.4 Å². The van der Waals surface area contributed by atoms with E-state index in [2.05, 4.69) is 0 Å². The first-order valence-electron chi connectivity index (χ1n) is 6.17. The molecule has 0 spiro atoms. The fourth-order valence-corrected chi connectivity index (χ4v) is 2.63. The molecular weight excluding hydrogens is 246 g/mol. The van der Waals surface area contributed by atoms with Crippen molar-refractivity contribution in [3.8, 4) is 5.75 Å². The van der Waals surface area contributed by atoms with Crippen LogP contribution in [0.5, 0.6) is 5.75 Å². The molecule has 0 unspecified atom stereocenters. The molecule has 0 aromatic heterocycles. The lowest BCUT2D eigenvalue weighted by atomic mass is 9.84. The van der Waals surface area contributed by atoms with Crippen molar-refractivity contribution in [1.29, 1.82) is 0 Å². The number of hydrogen-bond donors (Lipinski definition) is 1. The Labute approximate surface area is 111 Å². The van der Waals surface area contributed by atoms with E-state index < -0.39 is 17.9 Å². The summed E-state index contributed by atoms with van der Waals surface area (Å²) in [6, 6.07) is 6.76. The van der Waals surface area contributed by atoms with Crippen LogP contribution in [0.15, 0.2) is 24.3 Å². The molecule has 0 aliphatic carbocycles. The highest BCUT2D eigenvalue weighted by Crippen LogP contribution is 2.39. The van der Waals surface area contributed by atoms with Gasteiger partial charge in [-0.1, -0.05) is 18.2 Å². The van der Waals surface area contributed by atoms with E-state index in [0.717, 1.165) is 5.56 Å². The van der Waals surface area contributed by atoms with Crippen LogP contribution < -0.4 is 4.74 Å². The number of carboxylic acid groups (broad SMARTS) is 1. The topological polar surface area (TPSA) is 66.8 Å². The molecule has 0 radical (unpaired) electrons. The monoisotopic (exact) mass is 263 g/mol. The number of carbonyl (C=O) groups is 2. The van der Waals surface area contributed by atoms with Gasteiger partial charge in [0, 0.05) is 19.0 Å². The Balaban J connectivity index is 2.46. The van der Waals surface area contributed by atoms with Gasteiger partial charge in [-0.15, -0.1) is 0 Å². The number of piperidine rings is 1. The van der Waals surface area contributed by atoms with E-state index in [1.165, 1.54) is 4.90 Å². The van der Waals surface area contributed by atoms with Gasteiger partial charge < -0.3 is 14.7 Å². The number of benzene rings is 1. The number of para-hydroxylation sites is 1. The van der Waals surface area contributed by atoms with Gasteiger partial charge in [0.15, 0.2) is 0 Å². The SMILES string of the molecule is COc1ccccc1[C@@H]1[C@@H](C(=O)O)CCC(=O)N1C. The third-order valence-electron chi connectivity index (χ3n) is 3.64. The van der Waals surface area contributed by atoms with Crippen LogP contribution in [0, 0.1) is 5.92 Å². The van der Waals surface area contributed by atoms with Gasteiger partial charge in [0.1, 0.15) is 5.75 Å². The first-order chi connectivity index (χ1) is 9.06. The zero-order chi connectivity index (χ0) is 14.0. The van der Waals surface area contributed by atoms with E-state index in [1.54, 1.807) is 20.2 Å². The summed E-state index contributed by atoms with van der Waals surface area (Å²) in [5, 5.41) is 9.36. The molecule has 1 amide bonds. The minimum absolute atomic E-state index is 0.0339. The Kier molecular flexibility index (Phi) is 3.74. The van der Waals surface area contributed by atoms with Crippen LogP contribution in [-0.2, 0) is 9.59 Å². The maximum absolute atomic E-state index is 11.8. The molecule has 1 aromatic rings. The summed E-state index contributed by atoms with van der Waals surface area (Å²) in [6.45, 7) is 0. The molecule has 19 heavy (non-hydrogen) atoms. The number of methoxy groups -OCH3 is 1. The van der Waals surface area contributed by atoms with Gasteiger partial charge in [-0.3, -0.25) is 9.59 Å². The van der Waals surface area contributed by atoms with Gasteiger partial charge in [-0.05, 0) is 12.5 Å².